The summed E-state index contributed by atoms with van der Waals surface area (Å²) in [6, 6.07) is 0. The van der Waals surface area contributed by atoms with E-state index in [0.29, 0.717) is 0 Å². The summed E-state index contributed by atoms with van der Waals surface area (Å²) in [6.45, 7) is 7.47. The zero-order chi connectivity index (χ0) is 11.0. The van der Waals surface area contributed by atoms with Crippen LogP contribution in [0.15, 0.2) is 36.5 Å². The van der Waals surface area contributed by atoms with Gasteiger partial charge in [-0.15, -0.1) is 0 Å². The number of allylic oxidation sites excluding steroid dienone is 4. The number of hydrogen-bond acceptors (Lipinski definition) is 1. The quantitative estimate of drug-likeness (QED) is 0.631. The van der Waals surface area contributed by atoms with E-state index in [1.807, 2.05) is 12.2 Å². The molecule has 0 aromatic heterocycles. The van der Waals surface area contributed by atoms with Gasteiger partial charge < -0.3 is 4.90 Å². The Kier molecular flexibility index (Phi) is 6.46. The molecular weight excluding hydrogens is 174 g/mol. The fraction of sp³-hybridized carbons (Fsp3) is 0.417. The van der Waals surface area contributed by atoms with Crippen molar-refractivity contribution in [2.45, 2.75) is 19.3 Å². The van der Waals surface area contributed by atoms with E-state index in [9.17, 15) is 4.79 Å². The molecule has 14 heavy (non-hydrogen) atoms. The molecule has 0 N–H and O–H groups in total. The predicted molar refractivity (Wildman–Crippen MR) is 61.0 cm³/mol. The van der Waals surface area contributed by atoms with Gasteiger partial charge in [0.05, 0.1) is 0 Å². The second kappa shape index (κ2) is 7.13. The van der Waals surface area contributed by atoms with Crippen LogP contribution < -0.4 is 0 Å². The molecule has 1 amide bonds. The molecule has 1 rings (SSSR count). The standard InChI is InChI=1S/C9H12.C3H7NO/c1-3-8-6-5-7-9(8)4-2;1-4(2)3-5/h3-4H,1-2,5-7H2;3H,1-2H3. The van der Waals surface area contributed by atoms with Crippen molar-refractivity contribution < 1.29 is 4.79 Å². The van der Waals surface area contributed by atoms with Crippen LogP contribution in [0.2, 0.25) is 0 Å². The molecule has 1 aliphatic rings. The van der Waals surface area contributed by atoms with E-state index in [4.69, 9.17) is 0 Å². The second-order valence-electron chi connectivity index (χ2n) is 3.38. The van der Waals surface area contributed by atoms with Crippen molar-refractivity contribution in [2.24, 2.45) is 0 Å². The van der Waals surface area contributed by atoms with E-state index in [1.54, 1.807) is 14.1 Å². The molecule has 0 aromatic carbocycles. The van der Waals surface area contributed by atoms with Crippen LogP contribution in [0.25, 0.3) is 0 Å². The number of amides is 1. The lowest BCUT2D eigenvalue weighted by Gasteiger charge is -1.93. The molecule has 0 unspecified atom stereocenters. The minimum absolute atomic E-state index is 0.750. The highest BCUT2D eigenvalue weighted by Gasteiger charge is 2.07. The largest absolute Gasteiger partial charge is 0.351 e. The number of rotatable bonds is 3. The Morgan fingerprint density at radius 3 is 1.71 bits per heavy atom. The van der Waals surface area contributed by atoms with Crippen molar-refractivity contribution in [1.82, 2.24) is 4.90 Å². The fourth-order valence-corrected chi connectivity index (χ4v) is 1.26. The third kappa shape index (κ3) is 4.65. The van der Waals surface area contributed by atoms with Gasteiger partial charge in [0.25, 0.3) is 0 Å². The molecule has 0 saturated carbocycles. The smallest absolute Gasteiger partial charge is 0.209 e. The molecular formula is C12H19NO. The van der Waals surface area contributed by atoms with E-state index in [0.717, 1.165) is 6.41 Å². The van der Waals surface area contributed by atoms with E-state index < -0.39 is 0 Å². The van der Waals surface area contributed by atoms with E-state index in [2.05, 4.69) is 13.2 Å². The molecule has 2 nitrogen and oxygen atoms in total. The van der Waals surface area contributed by atoms with Crippen LogP contribution in [0.4, 0.5) is 0 Å². The number of nitrogens with zero attached hydrogens (tertiary/aromatic N) is 1. The predicted octanol–water partition coefficient (Wildman–Crippen LogP) is 2.54. The third-order valence-corrected chi connectivity index (χ3v) is 2.01. The van der Waals surface area contributed by atoms with Crippen molar-refractivity contribution in [2.75, 3.05) is 14.1 Å². The van der Waals surface area contributed by atoms with Crippen LogP contribution in [0.3, 0.4) is 0 Å². The van der Waals surface area contributed by atoms with Crippen LogP contribution >= 0.6 is 0 Å². The van der Waals surface area contributed by atoms with Gasteiger partial charge in [-0.1, -0.05) is 25.3 Å². The van der Waals surface area contributed by atoms with Crippen LogP contribution in [-0.4, -0.2) is 25.4 Å². The maximum Gasteiger partial charge on any atom is 0.209 e. The molecule has 0 aliphatic heterocycles. The number of carbonyl (C=O) groups excluding carboxylic acids is 1. The summed E-state index contributed by atoms with van der Waals surface area (Å²) in [4.78, 5) is 10.9. The highest BCUT2D eigenvalue weighted by molar-refractivity contribution is 5.45. The van der Waals surface area contributed by atoms with E-state index in [1.165, 1.54) is 35.3 Å². The van der Waals surface area contributed by atoms with Crippen LogP contribution in [-0.2, 0) is 4.79 Å². The fourth-order valence-electron chi connectivity index (χ4n) is 1.26. The van der Waals surface area contributed by atoms with Crippen LogP contribution in [0, 0.1) is 0 Å². The summed E-state index contributed by atoms with van der Waals surface area (Å²) in [5.74, 6) is 0. The maximum atomic E-state index is 9.43. The number of hydrogen-bond donors (Lipinski definition) is 0. The molecule has 0 fully saturated rings. The molecule has 78 valence electrons. The van der Waals surface area contributed by atoms with Gasteiger partial charge in [0, 0.05) is 14.1 Å². The zero-order valence-electron chi connectivity index (χ0n) is 9.12. The normalized spacial score (nSPS) is 14.1. The third-order valence-electron chi connectivity index (χ3n) is 2.01. The number of carbonyl (C=O) groups is 1. The Morgan fingerprint density at radius 1 is 1.14 bits per heavy atom. The summed E-state index contributed by atoms with van der Waals surface area (Å²) >= 11 is 0. The molecule has 0 heterocycles. The first-order chi connectivity index (χ1) is 6.65. The monoisotopic (exact) mass is 193 g/mol. The summed E-state index contributed by atoms with van der Waals surface area (Å²) < 4.78 is 0. The molecule has 0 radical (unpaired) electrons. The van der Waals surface area contributed by atoms with E-state index >= 15 is 0 Å². The SMILES string of the molecule is C=CC1=C(C=C)CCC1.CN(C)C=O. The van der Waals surface area contributed by atoms with Gasteiger partial charge in [-0.3, -0.25) is 4.79 Å². The Morgan fingerprint density at radius 2 is 1.50 bits per heavy atom. The Balaban J connectivity index is 0.000000292. The minimum atomic E-state index is 0.750. The lowest BCUT2D eigenvalue weighted by molar-refractivity contribution is -0.115. The average molecular weight is 193 g/mol. The Hall–Kier alpha value is -1.31. The average Bonchev–Trinajstić information content (AvgIpc) is 2.65. The summed E-state index contributed by atoms with van der Waals surface area (Å²) in [7, 11) is 3.38. The zero-order valence-corrected chi connectivity index (χ0v) is 9.12. The first-order valence-corrected chi connectivity index (χ1v) is 4.74. The molecule has 0 saturated heterocycles. The van der Waals surface area contributed by atoms with Gasteiger partial charge in [0.2, 0.25) is 6.41 Å². The van der Waals surface area contributed by atoms with Gasteiger partial charge in [0.15, 0.2) is 0 Å². The first kappa shape index (κ1) is 12.7. The van der Waals surface area contributed by atoms with E-state index in [-0.39, 0.29) is 0 Å². The van der Waals surface area contributed by atoms with Gasteiger partial charge in [-0.2, -0.15) is 0 Å². The summed E-state index contributed by atoms with van der Waals surface area (Å²) in [5, 5.41) is 0. The molecule has 1 aliphatic carbocycles. The Bertz CT molecular complexity index is 221. The topological polar surface area (TPSA) is 20.3 Å². The van der Waals surface area contributed by atoms with Gasteiger partial charge in [0.1, 0.15) is 0 Å². The van der Waals surface area contributed by atoms with Gasteiger partial charge in [-0.25, -0.2) is 0 Å². The lowest BCUT2D eigenvalue weighted by atomic mass is 10.1. The van der Waals surface area contributed by atoms with Crippen LogP contribution in [0.5, 0.6) is 0 Å². The minimum Gasteiger partial charge on any atom is -0.351 e. The van der Waals surface area contributed by atoms with Crippen molar-refractivity contribution in [3.8, 4) is 0 Å². The Labute approximate surface area is 86.6 Å². The molecule has 0 atom stereocenters. The molecule has 0 bridgehead atoms. The van der Waals surface area contributed by atoms with Gasteiger partial charge in [-0.05, 0) is 30.4 Å². The lowest BCUT2D eigenvalue weighted by Crippen LogP contribution is -2.06. The maximum absolute atomic E-state index is 9.43. The van der Waals surface area contributed by atoms with Crippen molar-refractivity contribution in [3.63, 3.8) is 0 Å². The van der Waals surface area contributed by atoms with Gasteiger partial charge >= 0.3 is 0 Å². The van der Waals surface area contributed by atoms with Crippen molar-refractivity contribution >= 4 is 6.41 Å². The molecule has 0 spiro atoms. The van der Waals surface area contributed by atoms with Crippen molar-refractivity contribution in [3.05, 3.63) is 36.5 Å². The molecule has 2 heteroatoms. The van der Waals surface area contributed by atoms with Crippen molar-refractivity contribution in [1.29, 1.82) is 0 Å². The van der Waals surface area contributed by atoms with Crippen LogP contribution in [0.1, 0.15) is 19.3 Å². The second-order valence-corrected chi connectivity index (χ2v) is 3.38. The summed E-state index contributed by atoms with van der Waals surface area (Å²) in [6.07, 6.45) is 8.33. The first-order valence-electron chi connectivity index (χ1n) is 4.74. The highest BCUT2D eigenvalue weighted by atomic mass is 16.1. The summed E-state index contributed by atoms with van der Waals surface area (Å²) in [5.41, 5.74) is 2.79. The molecule has 0 aromatic rings. The highest BCUT2D eigenvalue weighted by Crippen LogP contribution is 2.26.